The summed E-state index contributed by atoms with van der Waals surface area (Å²) in [5, 5.41) is 3.10. The Labute approximate surface area is 144 Å². The number of hydrogen-bond donors (Lipinski definition) is 1. The molecule has 3 aliphatic heterocycles. The van der Waals surface area contributed by atoms with Crippen LogP contribution >= 0.6 is 0 Å². The number of methoxy groups -OCH3 is 1. The van der Waals surface area contributed by atoms with E-state index in [2.05, 4.69) is 17.1 Å². The molecule has 0 aliphatic carbocycles. The van der Waals surface area contributed by atoms with Crippen molar-refractivity contribution in [3.05, 3.63) is 29.8 Å². The van der Waals surface area contributed by atoms with Crippen molar-refractivity contribution in [1.82, 2.24) is 10.2 Å². The fourth-order valence-electron chi connectivity index (χ4n) is 3.60. The van der Waals surface area contributed by atoms with Crippen molar-refractivity contribution in [3.8, 4) is 5.75 Å². The summed E-state index contributed by atoms with van der Waals surface area (Å²) in [5.41, 5.74) is 1.10. The average molecular weight is 340 g/mol. The lowest BCUT2D eigenvalue weighted by atomic mass is 10.1. The minimum atomic E-state index is 0. The van der Waals surface area contributed by atoms with Crippen LogP contribution < -0.4 is 22.5 Å². The Kier molecular flexibility index (Phi) is 5.89. The molecule has 128 valence electrons. The average Bonchev–Trinajstić information content (AvgIpc) is 2.61. The third-order valence-corrected chi connectivity index (χ3v) is 5.41. The Morgan fingerprint density at radius 1 is 1.22 bits per heavy atom. The summed E-state index contributed by atoms with van der Waals surface area (Å²) < 4.78 is 6.11. The number of carbonyl (C=O) groups excluding carboxylic acids is 1. The molecule has 1 amide bonds. The highest BCUT2D eigenvalue weighted by Gasteiger charge is 2.44. The van der Waals surface area contributed by atoms with Crippen LogP contribution in [0.4, 0.5) is 0 Å². The number of rotatable bonds is 5. The summed E-state index contributed by atoms with van der Waals surface area (Å²) in [5.74, 6) is 1.01. The largest absolute Gasteiger partial charge is 1.00 e. The number of nitrogens with zero attached hydrogens (tertiary/aromatic N) is 2. The first kappa shape index (κ1) is 18.0. The van der Waals surface area contributed by atoms with Crippen molar-refractivity contribution in [3.63, 3.8) is 0 Å². The molecule has 3 aliphatic rings. The van der Waals surface area contributed by atoms with Gasteiger partial charge in [-0.25, -0.2) is 0 Å². The molecule has 3 heterocycles. The van der Waals surface area contributed by atoms with Crippen molar-refractivity contribution in [1.29, 1.82) is 0 Å². The summed E-state index contributed by atoms with van der Waals surface area (Å²) in [7, 11) is 1.66. The minimum absolute atomic E-state index is 0. The van der Waals surface area contributed by atoms with Gasteiger partial charge in [-0.15, -0.1) is 0 Å². The first-order valence-corrected chi connectivity index (χ1v) is 8.12. The molecule has 0 radical (unpaired) electrons. The maximum atomic E-state index is 12.6. The number of benzene rings is 1. The van der Waals surface area contributed by atoms with Gasteiger partial charge in [0, 0.05) is 26.2 Å². The summed E-state index contributed by atoms with van der Waals surface area (Å²) in [6.07, 6.45) is 0. The maximum Gasteiger partial charge on any atom is 0.278 e. The summed E-state index contributed by atoms with van der Waals surface area (Å²) >= 11 is 0. The molecule has 3 saturated heterocycles. The van der Waals surface area contributed by atoms with Crippen LogP contribution in [0.25, 0.3) is 0 Å². The highest BCUT2D eigenvalue weighted by atomic mass is 35.5. The number of piperazine rings is 3. The number of carbonyl (C=O) groups is 1. The van der Waals surface area contributed by atoms with Crippen molar-refractivity contribution in [2.45, 2.75) is 19.5 Å². The van der Waals surface area contributed by atoms with Crippen LogP contribution in [0.5, 0.6) is 5.75 Å². The zero-order valence-corrected chi connectivity index (χ0v) is 14.7. The Balaban J connectivity index is 0.00000192. The highest BCUT2D eigenvalue weighted by Crippen LogP contribution is 2.23. The fourth-order valence-corrected chi connectivity index (χ4v) is 3.60. The second-order valence-electron chi connectivity index (χ2n) is 6.47. The third-order valence-electron chi connectivity index (χ3n) is 5.41. The smallest absolute Gasteiger partial charge is 0.278 e. The molecule has 3 fully saturated rings. The van der Waals surface area contributed by atoms with Gasteiger partial charge in [0.15, 0.2) is 6.04 Å². The number of amides is 1. The quantitative estimate of drug-likeness (QED) is 0.622. The van der Waals surface area contributed by atoms with E-state index in [0.29, 0.717) is 6.54 Å². The van der Waals surface area contributed by atoms with Crippen molar-refractivity contribution >= 4 is 5.91 Å². The van der Waals surface area contributed by atoms with Gasteiger partial charge in [-0.2, -0.15) is 0 Å². The Morgan fingerprint density at radius 2 is 1.78 bits per heavy atom. The molecule has 1 unspecified atom stereocenters. The molecule has 1 aromatic rings. The second-order valence-corrected chi connectivity index (χ2v) is 6.47. The van der Waals surface area contributed by atoms with E-state index in [4.69, 9.17) is 4.74 Å². The lowest BCUT2D eigenvalue weighted by molar-refractivity contribution is -0.953. The molecular formula is C17H26ClN3O2. The van der Waals surface area contributed by atoms with E-state index >= 15 is 0 Å². The SMILES string of the molecule is COc1ccc(CNC(=O)C(C)[N+]23CCN(CC2)CC3)cc1.[Cl-]. The molecule has 0 spiro atoms. The van der Waals surface area contributed by atoms with Crippen LogP contribution in [-0.4, -0.2) is 67.7 Å². The molecule has 2 bridgehead atoms. The van der Waals surface area contributed by atoms with Gasteiger partial charge in [0.1, 0.15) is 5.75 Å². The molecule has 1 N–H and O–H groups in total. The van der Waals surface area contributed by atoms with Gasteiger partial charge in [0.05, 0.1) is 26.7 Å². The van der Waals surface area contributed by atoms with Crippen LogP contribution in [0.2, 0.25) is 0 Å². The number of ether oxygens (including phenoxy) is 1. The number of nitrogens with one attached hydrogen (secondary N) is 1. The van der Waals surface area contributed by atoms with Gasteiger partial charge in [-0.1, -0.05) is 12.1 Å². The molecule has 1 atom stereocenters. The van der Waals surface area contributed by atoms with Crippen LogP contribution in [0, 0.1) is 0 Å². The standard InChI is InChI=1S/C17H25N3O2.ClH/c1-14(20-10-7-19(8-11-20)9-12-20)17(21)18-13-15-3-5-16(22-2)6-4-15;/h3-6,14H,7-13H2,1-2H3;1H. The molecule has 4 rings (SSSR count). The van der Waals surface area contributed by atoms with Gasteiger partial charge in [0.2, 0.25) is 0 Å². The van der Waals surface area contributed by atoms with E-state index in [9.17, 15) is 4.79 Å². The summed E-state index contributed by atoms with van der Waals surface area (Å²) in [6.45, 7) is 9.40. The monoisotopic (exact) mass is 339 g/mol. The summed E-state index contributed by atoms with van der Waals surface area (Å²) in [6, 6.07) is 7.89. The second kappa shape index (κ2) is 7.51. The van der Waals surface area contributed by atoms with E-state index in [1.807, 2.05) is 24.3 Å². The predicted octanol–water partition coefficient (Wildman–Crippen LogP) is -2.15. The molecular weight excluding hydrogens is 314 g/mol. The molecule has 6 heteroatoms. The number of hydrogen-bond acceptors (Lipinski definition) is 3. The molecule has 1 aromatic carbocycles. The molecule has 0 aromatic heterocycles. The highest BCUT2D eigenvalue weighted by molar-refractivity contribution is 5.80. The molecule has 5 nitrogen and oxygen atoms in total. The van der Waals surface area contributed by atoms with Crippen molar-refractivity contribution < 1.29 is 26.4 Å². The first-order chi connectivity index (χ1) is 10.6. The van der Waals surface area contributed by atoms with Gasteiger partial charge < -0.3 is 26.9 Å². The van der Waals surface area contributed by atoms with Gasteiger partial charge in [-0.3, -0.25) is 9.69 Å². The Bertz CT molecular complexity index is 513. The van der Waals surface area contributed by atoms with E-state index in [-0.39, 0.29) is 24.4 Å². The van der Waals surface area contributed by atoms with E-state index < -0.39 is 0 Å². The first-order valence-electron chi connectivity index (χ1n) is 8.12. The molecule has 0 saturated carbocycles. The number of quaternary nitrogens is 1. The van der Waals surface area contributed by atoms with Crippen LogP contribution in [0.1, 0.15) is 12.5 Å². The maximum absolute atomic E-state index is 12.6. The zero-order chi connectivity index (χ0) is 15.6. The zero-order valence-electron chi connectivity index (χ0n) is 13.9. The lowest BCUT2D eigenvalue weighted by Crippen LogP contribution is -3.00. The summed E-state index contributed by atoms with van der Waals surface area (Å²) in [4.78, 5) is 15.1. The lowest BCUT2D eigenvalue weighted by Gasteiger charge is -2.52. The minimum Gasteiger partial charge on any atom is -1.00 e. The predicted molar refractivity (Wildman–Crippen MR) is 85.6 cm³/mol. The van der Waals surface area contributed by atoms with Crippen molar-refractivity contribution in [2.75, 3.05) is 46.4 Å². The molecule has 23 heavy (non-hydrogen) atoms. The van der Waals surface area contributed by atoms with E-state index in [1.165, 1.54) is 0 Å². The fraction of sp³-hybridized carbons (Fsp3) is 0.588. The number of halogens is 1. The van der Waals surface area contributed by atoms with Gasteiger partial charge in [0.25, 0.3) is 5.91 Å². The van der Waals surface area contributed by atoms with Gasteiger partial charge in [-0.05, 0) is 24.6 Å². The van der Waals surface area contributed by atoms with E-state index in [0.717, 1.165) is 55.1 Å². The van der Waals surface area contributed by atoms with Gasteiger partial charge >= 0.3 is 0 Å². The topological polar surface area (TPSA) is 41.6 Å². The van der Waals surface area contributed by atoms with Crippen molar-refractivity contribution in [2.24, 2.45) is 0 Å². The third kappa shape index (κ3) is 3.79. The van der Waals surface area contributed by atoms with Crippen LogP contribution in [0.15, 0.2) is 24.3 Å². The van der Waals surface area contributed by atoms with Crippen LogP contribution in [-0.2, 0) is 11.3 Å². The Morgan fingerprint density at radius 3 is 2.30 bits per heavy atom. The number of fused-ring (bicyclic) bond motifs is 3. The Hall–Kier alpha value is -1.30. The van der Waals surface area contributed by atoms with Crippen LogP contribution in [0.3, 0.4) is 0 Å². The normalized spacial score (nSPS) is 27.0. The van der Waals surface area contributed by atoms with E-state index in [1.54, 1.807) is 7.11 Å².